The Balaban J connectivity index is 0.000000215. The smallest absolute Gasteiger partial charge is 0.114 e. The number of fused-ring (bicyclic) bond motifs is 6. The van der Waals surface area contributed by atoms with E-state index in [0.717, 1.165) is 50.6 Å². The van der Waals surface area contributed by atoms with Crippen molar-refractivity contribution in [3.8, 4) is 33.8 Å². The second-order valence-electron chi connectivity index (χ2n) is 17.7. The van der Waals surface area contributed by atoms with Crippen LogP contribution in [0.5, 0.6) is 0 Å². The molecule has 301 valence electrons. The number of hydrogen-bond donors (Lipinski definition) is 0. The Labute approximate surface area is 379 Å². The van der Waals surface area contributed by atoms with Crippen LogP contribution in [0.15, 0.2) is 97.3 Å². The van der Waals surface area contributed by atoms with Gasteiger partial charge in [0.25, 0.3) is 0 Å². The molecule has 58 heavy (non-hydrogen) atoms. The van der Waals surface area contributed by atoms with Gasteiger partial charge in [0, 0.05) is 57.2 Å². The van der Waals surface area contributed by atoms with Gasteiger partial charge >= 0.3 is 0 Å². The van der Waals surface area contributed by atoms with E-state index in [1.54, 1.807) is 36.7 Å². The summed E-state index contributed by atoms with van der Waals surface area (Å²) in [7, 11) is -1.81. The van der Waals surface area contributed by atoms with Crippen LogP contribution in [0.3, 0.4) is 0 Å². The second-order valence-corrected chi connectivity index (χ2v) is 23.8. The Hall–Kier alpha value is -3.80. The largest absolute Gasteiger partial charge is 0.305 e. The molecule has 3 saturated carbocycles. The molecule has 0 spiro atoms. The first-order valence-electron chi connectivity index (χ1n) is 25.1. The molecular formula is C52H57IrN3SSi-2. The number of pyridine rings is 3. The third kappa shape index (κ3) is 9.47. The summed E-state index contributed by atoms with van der Waals surface area (Å²) in [4.78, 5) is 14.9. The van der Waals surface area contributed by atoms with Gasteiger partial charge in [-0.3, -0.25) is 0 Å². The van der Waals surface area contributed by atoms with E-state index >= 15 is 0 Å². The average Bonchev–Trinajstić information content (AvgIpc) is 3.67. The van der Waals surface area contributed by atoms with Crippen molar-refractivity contribution in [2.75, 3.05) is 0 Å². The standard InChI is InChI=1S/C32H29N2S.C20H28NSi.Ir/c1-20-7-12-26(29-19-22(15-16-33-29)18-25-17-21-8-10-23(25)11-9-21)31-30(20)27-13-14-28(34-32(27)35-31)24-5-3-2-4-6-24;1-15-8-10-16(11-9-15)18-12-17(13-20(2,3)4)19(14-21-18)22(5,6)7;/h2-7,13-16,19,21,23,25H,8-11,17-18H2,1H3;8-10,12,14H,13H2,1-7H3;/q2*-1;/i1D3,18D2;1D3,13D2;. The van der Waals surface area contributed by atoms with E-state index < -0.39 is 39.9 Å². The quantitative estimate of drug-likeness (QED) is 0.118. The van der Waals surface area contributed by atoms with Gasteiger partial charge < -0.3 is 9.97 Å². The predicted molar refractivity (Wildman–Crippen MR) is 246 cm³/mol. The monoisotopic (exact) mass is 986 g/mol. The van der Waals surface area contributed by atoms with Crippen molar-refractivity contribution in [3.05, 3.63) is 132 Å². The molecule has 2 bridgehead atoms. The summed E-state index contributed by atoms with van der Waals surface area (Å²) in [6.07, 6.45) is 6.15. The van der Waals surface area contributed by atoms with Crippen LogP contribution < -0.4 is 5.19 Å². The van der Waals surface area contributed by atoms with Gasteiger partial charge in [-0.15, -0.1) is 58.7 Å². The number of rotatable bonds is 7. The molecule has 1 radical (unpaired) electrons. The summed E-state index contributed by atoms with van der Waals surface area (Å²) in [5, 5.41) is 2.46. The first-order valence-corrected chi connectivity index (χ1v) is 24.4. The number of aryl methyl sites for hydroxylation is 2. The molecule has 7 aromatic rings. The zero-order valence-electron chi connectivity index (χ0n) is 44.1. The van der Waals surface area contributed by atoms with Crippen LogP contribution >= 0.6 is 11.3 Å². The van der Waals surface area contributed by atoms with E-state index in [4.69, 9.17) is 16.0 Å². The molecule has 0 saturated heterocycles. The third-order valence-corrected chi connectivity index (χ3v) is 14.3. The van der Waals surface area contributed by atoms with Crippen LogP contribution in [-0.4, -0.2) is 23.0 Å². The summed E-state index contributed by atoms with van der Waals surface area (Å²) in [5.41, 5.74) is 5.62. The van der Waals surface area contributed by atoms with E-state index in [1.165, 1.54) is 30.2 Å². The number of aromatic nitrogens is 3. The van der Waals surface area contributed by atoms with Gasteiger partial charge in [0.05, 0.1) is 13.8 Å². The maximum absolute atomic E-state index is 9.19. The Bertz CT molecular complexity index is 2910. The normalized spacial score (nSPS) is 21.3. The van der Waals surface area contributed by atoms with Crippen LogP contribution in [0, 0.1) is 49.0 Å². The molecular weight excluding hydrogens is 919 g/mol. The summed E-state index contributed by atoms with van der Waals surface area (Å²) in [5.74, 6) is 1.08. The van der Waals surface area contributed by atoms with Crippen molar-refractivity contribution < 1.29 is 33.8 Å². The minimum absolute atomic E-state index is 0. The molecule has 3 aliphatic carbocycles. The summed E-state index contributed by atoms with van der Waals surface area (Å²) < 4.78 is 83.9. The molecule has 3 aromatic carbocycles. The van der Waals surface area contributed by atoms with Crippen molar-refractivity contribution in [3.63, 3.8) is 0 Å². The number of nitrogens with zero attached hydrogens (tertiary/aromatic N) is 3. The van der Waals surface area contributed by atoms with Gasteiger partial charge in [0.2, 0.25) is 0 Å². The topological polar surface area (TPSA) is 38.7 Å². The summed E-state index contributed by atoms with van der Waals surface area (Å²) >= 11 is 1.45. The summed E-state index contributed by atoms with van der Waals surface area (Å²) in [6, 6.07) is 31.8. The van der Waals surface area contributed by atoms with Gasteiger partial charge in [-0.25, -0.2) is 4.98 Å². The molecule has 1 atom stereocenters. The van der Waals surface area contributed by atoms with E-state index in [-0.39, 0.29) is 37.2 Å². The zero-order chi connectivity index (χ0) is 48.5. The number of hydrogen-bond acceptors (Lipinski definition) is 4. The summed E-state index contributed by atoms with van der Waals surface area (Å²) in [6.45, 7) is 7.77. The van der Waals surface area contributed by atoms with Gasteiger partial charge in [-0.05, 0) is 88.6 Å². The van der Waals surface area contributed by atoms with Crippen LogP contribution in [0.2, 0.25) is 19.6 Å². The fourth-order valence-corrected chi connectivity index (χ4v) is 11.0. The SMILES string of the molecule is [2H]C([2H])([2H])c1c[c-]c(-c2cc(C([2H])([2H])C(C)(C)C)c([Si](C)(C)C)cn2)cc1.[2H]C([2H])([2H])c1c[c-]c(-c2cc(C([2H])([2H])C3CC4CCC3CC4)ccn2)c2sc3nc(-c4ccccc4)ccc3c12.[Ir]. The number of thiophene rings is 1. The predicted octanol–water partition coefficient (Wildman–Crippen LogP) is 13.6. The van der Waals surface area contributed by atoms with Gasteiger partial charge in [0.1, 0.15) is 4.83 Å². The number of benzene rings is 3. The van der Waals surface area contributed by atoms with E-state index in [0.29, 0.717) is 50.9 Å². The van der Waals surface area contributed by atoms with Crippen molar-refractivity contribution in [1.82, 2.24) is 15.0 Å². The van der Waals surface area contributed by atoms with E-state index in [2.05, 4.69) is 41.7 Å². The van der Waals surface area contributed by atoms with E-state index in [1.807, 2.05) is 75.4 Å². The Morgan fingerprint density at radius 3 is 2.34 bits per heavy atom. The molecule has 4 aromatic heterocycles. The van der Waals surface area contributed by atoms with E-state index in [9.17, 15) is 2.74 Å². The molecule has 3 aliphatic rings. The molecule has 3 fully saturated rings. The fraction of sp³-hybridized carbons (Fsp3) is 0.365. The molecule has 0 N–H and O–H groups in total. The third-order valence-electron chi connectivity index (χ3n) is 11.2. The molecule has 0 amide bonds. The van der Waals surface area contributed by atoms with Crippen molar-refractivity contribution in [1.29, 1.82) is 0 Å². The minimum Gasteiger partial charge on any atom is -0.305 e. The van der Waals surface area contributed by atoms with Crippen molar-refractivity contribution in [2.45, 2.75) is 99.0 Å². The first-order chi connectivity index (χ1) is 31.2. The molecule has 0 aliphatic heterocycles. The molecule has 6 heteroatoms. The maximum atomic E-state index is 9.19. The molecule has 4 heterocycles. The van der Waals surface area contributed by atoms with Crippen molar-refractivity contribution >= 4 is 44.9 Å². The molecule has 3 nitrogen and oxygen atoms in total. The zero-order valence-corrected chi connectivity index (χ0v) is 38.3. The minimum atomic E-state index is -2.31. The van der Waals surface area contributed by atoms with Crippen molar-refractivity contribution in [2.24, 2.45) is 23.2 Å². The molecule has 1 unspecified atom stereocenters. The Kier molecular flexibility index (Phi) is 9.35. The maximum Gasteiger partial charge on any atom is 0.114 e. The molecule has 10 rings (SSSR count). The van der Waals surface area contributed by atoms with Gasteiger partial charge in [0.15, 0.2) is 0 Å². The first kappa shape index (κ1) is 31.1. The van der Waals surface area contributed by atoms with Crippen LogP contribution in [-0.2, 0) is 32.9 Å². The van der Waals surface area contributed by atoms with Gasteiger partial charge in [-0.1, -0.05) is 132 Å². The average molecular weight is 986 g/mol. The Morgan fingerprint density at radius 1 is 0.862 bits per heavy atom. The van der Waals surface area contributed by atoms with Crippen LogP contribution in [0.4, 0.5) is 0 Å². The second kappa shape index (κ2) is 17.4. The Morgan fingerprint density at radius 2 is 1.67 bits per heavy atom. The van der Waals surface area contributed by atoms with Crippen LogP contribution in [0.25, 0.3) is 54.1 Å². The fourth-order valence-electron chi connectivity index (χ4n) is 8.38. The van der Waals surface area contributed by atoms with Gasteiger partial charge in [-0.2, -0.15) is 11.3 Å². The van der Waals surface area contributed by atoms with Crippen LogP contribution in [0.1, 0.15) is 88.8 Å².